The van der Waals surface area contributed by atoms with Crippen LogP contribution in [0.1, 0.15) is 23.4 Å². The van der Waals surface area contributed by atoms with Crippen molar-refractivity contribution in [2.24, 2.45) is 0 Å². The molecule has 0 aliphatic heterocycles. The Morgan fingerprint density at radius 3 is 2.45 bits per heavy atom. The van der Waals surface area contributed by atoms with Gasteiger partial charge in [0.05, 0.1) is 18.0 Å². The summed E-state index contributed by atoms with van der Waals surface area (Å²) in [5.74, 6) is -3.07. The lowest BCUT2D eigenvalue weighted by Crippen LogP contribution is -2.20. The second kappa shape index (κ2) is 6.21. The van der Waals surface area contributed by atoms with Crippen molar-refractivity contribution in [2.75, 3.05) is 0 Å². The summed E-state index contributed by atoms with van der Waals surface area (Å²) in [7, 11) is 0. The molecule has 0 aromatic carbocycles. The van der Waals surface area contributed by atoms with Gasteiger partial charge < -0.3 is 9.84 Å². The molecule has 0 saturated carbocycles. The fourth-order valence-corrected chi connectivity index (χ4v) is 1.55. The highest BCUT2D eigenvalue weighted by Crippen LogP contribution is 2.33. The fourth-order valence-electron chi connectivity index (χ4n) is 1.41. The first-order valence-electron chi connectivity index (χ1n) is 4.98. The summed E-state index contributed by atoms with van der Waals surface area (Å²) in [6.45, 7) is 0. The van der Waals surface area contributed by atoms with E-state index >= 15 is 0 Å². The van der Waals surface area contributed by atoms with E-state index < -0.39 is 48.1 Å². The van der Waals surface area contributed by atoms with Crippen LogP contribution in [-0.4, -0.2) is 22.4 Å². The molecule has 1 heterocycles. The maximum absolute atomic E-state index is 12.8. The lowest BCUT2D eigenvalue weighted by atomic mass is 10.1. The molecule has 0 amide bonds. The SMILES string of the molecule is O=C(O)Cc1c(OC(F)(F)F)cc(CCl)nc1C(F)F. The van der Waals surface area contributed by atoms with Gasteiger partial charge in [-0.25, -0.2) is 8.78 Å². The summed E-state index contributed by atoms with van der Waals surface area (Å²) in [6.07, 6.45) is -9.50. The maximum atomic E-state index is 12.8. The van der Waals surface area contributed by atoms with Crippen LogP contribution in [0.15, 0.2) is 6.07 Å². The minimum absolute atomic E-state index is 0.282. The Labute approximate surface area is 114 Å². The van der Waals surface area contributed by atoms with Crippen molar-refractivity contribution in [1.29, 1.82) is 0 Å². The molecule has 4 nitrogen and oxygen atoms in total. The molecule has 0 aliphatic rings. The van der Waals surface area contributed by atoms with Gasteiger partial charge in [0, 0.05) is 11.6 Å². The number of halogens is 6. The predicted octanol–water partition coefficient (Wildman–Crippen LogP) is 3.28. The molecular weight excluding hydrogens is 313 g/mol. The molecule has 0 aliphatic carbocycles. The lowest BCUT2D eigenvalue weighted by molar-refractivity contribution is -0.275. The van der Waals surface area contributed by atoms with E-state index in [1.54, 1.807) is 0 Å². The van der Waals surface area contributed by atoms with E-state index in [2.05, 4.69) is 9.72 Å². The van der Waals surface area contributed by atoms with Crippen LogP contribution < -0.4 is 4.74 Å². The highest BCUT2D eigenvalue weighted by Gasteiger charge is 2.34. The van der Waals surface area contributed by atoms with E-state index in [0.717, 1.165) is 0 Å². The fraction of sp³-hybridized carbons (Fsp3) is 0.400. The normalized spacial score (nSPS) is 11.8. The van der Waals surface area contributed by atoms with E-state index in [1.165, 1.54) is 0 Å². The van der Waals surface area contributed by atoms with Gasteiger partial charge in [-0.05, 0) is 0 Å². The van der Waals surface area contributed by atoms with Crippen LogP contribution in [-0.2, 0) is 17.1 Å². The number of aliphatic carboxylic acids is 1. The lowest BCUT2D eigenvalue weighted by Gasteiger charge is -2.16. The van der Waals surface area contributed by atoms with Gasteiger partial charge in [0.2, 0.25) is 0 Å². The zero-order valence-corrected chi connectivity index (χ0v) is 10.3. The molecular formula is C10H7ClF5NO3. The smallest absolute Gasteiger partial charge is 0.481 e. The van der Waals surface area contributed by atoms with Gasteiger partial charge in [-0.1, -0.05) is 0 Å². The van der Waals surface area contributed by atoms with Gasteiger partial charge in [-0.3, -0.25) is 9.78 Å². The van der Waals surface area contributed by atoms with E-state index in [9.17, 15) is 26.7 Å². The van der Waals surface area contributed by atoms with Crippen molar-refractivity contribution in [3.05, 3.63) is 23.0 Å². The van der Waals surface area contributed by atoms with E-state index in [1.807, 2.05) is 0 Å². The van der Waals surface area contributed by atoms with Gasteiger partial charge in [-0.2, -0.15) is 0 Å². The number of rotatable bonds is 5. The molecule has 1 aromatic rings. The van der Waals surface area contributed by atoms with Crippen molar-refractivity contribution in [3.8, 4) is 5.75 Å². The molecule has 0 bridgehead atoms. The third-order valence-electron chi connectivity index (χ3n) is 2.07. The Morgan fingerprint density at radius 2 is 2.05 bits per heavy atom. The Kier molecular flexibility index (Phi) is 5.09. The third-order valence-corrected chi connectivity index (χ3v) is 2.34. The van der Waals surface area contributed by atoms with Crippen LogP contribution in [0.5, 0.6) is 5.75 Å². The molecule has 112 valence electrons. The van der Waals surface area contributed by atoms with Crippen molar-refractivity contribution >= 4 is 17.6 Å². The number of aromatic nitrogens is 1. The number of ether oxygens (including phenoxy) is 1. The molecule has 0 atom stereocenters. The third kappa shape index (κ3) is 4.48. The molecule has 0 unspecified atom stereocenters. The number of hydrogen-bond donors (Lipinski definition) is 1. The van der Waals surface area contributed by atoms with Crippen LogP contribution in [0.3, 0.4) is 0 Å². The second-order valence-corrected chi connectivity index (χ2v) is 3.80. The summed E-state index contributed by atoms with van der Waals surface area (Å²) in [5, 5.41) is 8.59. The average Bonchev–Trinajstić information content (AvgIpc) is 2.28. The monoisotopic (exact) mass is 319 g/mol. The minimum Gasteiger partial charge on any atom is -0.481 e. The molecule has 10 heteroatoms. The standard InChI is InChI=1S/C10H7ClF5NO3/c11-3-4-1-6(20-10(14,15)16)5(2-7(18)19)8(17-4)9(12)13/h1,9H,2-3H2,(H,18,19). The molecule has 1 rings (SSSR count). The Morgan fingerprint density at radius 1 is 1.45 bits per heavy atom. The average molecular weight is 320 g/mol. The Hall–Kier alpha value is -1.64. The summed E-state index contributed by atoms with van der Waals surface area (Å²) >= 11 is 5.34. The number of carboxylic acid groups (broad SMARTS) is 1. The first kappa shape index (κ1) is 16.4. The van der Waals surface area contributed by atoms with Crippen molar-refractivity contribution < 1.29 is 36.6 Å². The zero-order chi connectivity index (χ0) is 15.5. The van der Waals surface area contributed by atoms with E-state index in [4.69, 9.17) is 16.7 Å². The number of nitrogens with zero attached hydrogens (tertiary/aromatic N) is 1. The summed E-state index contributed by atoms with van der Waals surface area (Å²) in [5.41, 5.74) is -2.21. The summed E-state index contributed by atoms with van der Waals surface area (Å²) in [6, 6.07) is 0.685. The van der Waals surface area contributed by atoms with Crippen LogP contribution in [0.2, 0.25) is 0 Å². The van der Waals surface area contributed by atoms with Gasteiger partial charge in [0.15, 0.2) is 0 Å². The number of pyridine rings is 1. The van der Waals surface area contributed by atoms with Crippen LogP contribution in [0.25, 0.3) is 0 Å². The van der Waals surface area contributed by atoms with Gasteiger partial charge in [-0.15, -0.1) is 24.8 Å². The number of hydrogen-bond acceptors (Lipinski definition) is 3. The molecule has 0 spiro atoms. The first-order chi connectivity index (χ1) is 9.14. The van der Waals surface area contributed by atoms with Gasteiger partial charge >= 0.3 is 12.3 Å². The Balaban J connectivity index is 3.42. The summed E-state index contributed by atoms with van der Waals surface area (Å²) < 4.78 is 65.8. The number of carbonyl (C=O) groups is 1. The molecule has 1 aromatic heterocycles. The van der Waals surface area contributed by atoms with Crippen LogP contribution in [0, 0.1) is 0 Å². The first-order valence-corrected chi connectivity index (χ1v) is 5.52. The quantitative estimate of drug-likeness (QED) is 0.668. The van der Waals surface area contributed by atoms with Gasteiger partial charge in [0.1, 0.15) is 11.4 Å². The molecule has 20 heavy (non-hydrogen) atoms. The highest BCUT2D eigenvalue weighted by atomic mass is 35.5. The van der Waals surface area contributed by atoms with Crippen molar-refractivity contribution in [3.63, 3.8) is 0 Å². The number of carboxylic acids is 1. The highest BCUT2D eigenvalue weighted by molar-refractivity contribution is 6.16. The van der Waals surface area contributed by atoms with Crippen LogP contribution in [0.4, 0.5) is 22.0 Å². The molecule has 0 radical (unpaired) electrons. The van der Waals surface area contributed by atoms with Crippen molar-refractivity contribution in [1.82, 2.24) is 4.98 Å². The molecule has 1 N–H and O–H groups in total. The largest absolute Gasteiger partial charge is 0.573 e. The number of alkyl halides is 6. The maximum Gasteiger partial charge on any atom is 0.573 e. The summed E-state index contributed by atoms with van der Waals surface area (Å²) in [4.78, 5) is 13.9. The minimum atomic E-state index is -5.16. The van der Waals surface area contributed by atoms with E-state index in [0.29, 0.717) is 6.07 Å². The zero-order valence-electron chi connectivity index (χ0n) is 9.55. The second-order valence-electron chi connectivity index (χ2n) is 3.53. The Bertz CT molecular complexity index is 506. The van der Waals surface area contributed by atoms with Crippen LogP contribution >= 0.6 is 11.6 Å². The van der Waals surface area contributed by atoms with Crippen molar-refractivity contribution in [2.45, 2.75) is 25.1 Å². The topological polar surface area (TPSA) is 59.4 Å². The predicted molar refractivity (Wildman–Crippen MR) is 56.8 cm³/mol. The van der Waals surface area contributed by atoms with Gasteiger partial charge in [0.25, 0.3) is 6.43 Å². The van der Waals surface area contributed by atoms with E-state index in [-0.39, 0.29) is 5.69 Å². The molecule has 0 saturated heterocycles. The molecule has 0 fully saturated rings.